The van der Waals surface area contributed by atoms with Crippen LogP contribution in [0.1, 0.15) is 27.3 Å². The minimum Gasteiger partial charge on any atom is -0.346 e. The average Bonchev–Trinajstić information content (AvgIpc) is 3.08. The highest BCUT2D eigenvalue weighted by Crippen LogP contribution is 2.31. The summed E-state index contributed by atoms with van der Waals surface area (Å²) >= 11 is 0. The second-order valence-electron chi connectivity index (χ2n) is 6.86. The topological polar surface area (TPSA) is 89.0 Å². The van der Waals surface area contributed by atoms with Crippen LogP contribution in [0.3, 0.4) is 0 Å². The molecule has 0 radical (unpaired) electrons. The highest BCUT2D eigenvalue weighted by Gasteiger charge is 2.46. The zero-order chi connectivity index (χ0) is 23.3. The van der Waals surface area contributed by atoms with E-state index < -0.39 is 43.3 Å². The Bertz CT molecular complexity index is 1320. The average molecular weight is 469 g/mol. The van der Waals surface area contributed by atoms with Crippen LogP contribution >= 0.6 is 0 Å². The Morgan fingerprint density at radius 3 is 2.16 bits per heavy atom. The predicted octanol–water partition coefficient (Wildman–Crippen LogP) is 3.55. The number of hydrogen-bond acceptors (Lipinski definition) is 5. The van der Waals surface area contributed by atoms with Gasteiger partial charge in [-0.05, 0) is 29.8 Å². The zero-order valence-electron chi connectivity index (χ0n) is 15.9. The summed E-state index contributed by atoms with van der Waals surface area (Å²) in [4.78, 5) is 19.5. The van der Waals surface area contributed by atoms with Crippen LogP contribution in [0.25, 0.3) is 11.4 Å². The van der Waals surface area contributed by atoms with E-state index in [2.05, 4.69) is 15.3 Å². The van der Waals surface area contributed by atoms with Gasteiger partial charge in [-0.15, -0.1) is 0 Å². The molecular weight excluding hydrogens is 457 g/mol. The molecule has 1 aliphatic rings. The van der Waals surface area contributed by atoms with E-state index in [0.29, 0.717) is 5.56 Å². The van der Waals surface area contributed by atoms with Crippen LogP contribution in [0, 0.1) is 11.6 Å². The molecule has 0 spiro atoms. The van der Waals surface area contributed by atoms with Crippen molar-refractivity contribution in [2.45, 2.75) is 23.4 Å². The molecule has 0 aliphatic carbocycles. The van der Waals surface area contributed by atoms with Gasteiger partial charge in [0.25, 0.3) is 15.7 Å². The Morgan fingerprint density at radius 2 is 1.56 bits per heavy atom. The monoisotopic (exact) mass is 469 g/mol. The van der Waals surface area contributed by atoms with E-state index in [1.165, 1.54) is 6.07 Å². The van der Waals surface area contributed by atoms with Gasteiger partial charge in [0, 0.05) is 6.42 Å². The van der Waals surface area contributed by atoms with Crippen LogP contribution in [-0.2, 0) is 22.8 Å². The van der Waals surface area contributed by atoms with Crippen molar-refractivity contribution in [1.29, 1.82) is 0 Å². The summed E-state index contributed by atoms with van der Waals surface area (Å²) in [5, 5.41) is 2.53. The van der Waals surface area contributed by atoms with E-state index in [1.807, 2.05) is 0 Å². The number of rotatable bonds is 4. The number of carbonyl (C=O) groups excluding carboxylic acids is 1. The molecule has 1 amide bonds. The molecule has 4 rings (SSSR count). The molecule has 2 aromatic carbocycles. The van der Waals surface area contributed by atoms with Gasteiger partial charge in [-0.25, -0.2) is 27.2 Å². The largest absolute Gasteiger partial charge is 0.501 e. The SMILES string of the molecule is O=C1NCc2nc(-c3c(F)cccc3F)nc(Cc3ccc(S(=O)(=O)C(F)(F)F)cc3)c21. The molecule has 0 saturated carbocycles. The Hall–Kier alpha value is -3.41. The maximum absolute atomic E-state index is 14.2. The summed E-state index contributed by atoms with van der Waals surface area (Å²) in [7, 11) is -5.51. The normalized spacial score (nSPS) is 13.7. The second-order valence-corrected chi connectivity index (χ2v) is 8.81. The fourth-order valence-electron chi connectivity index (χ4n) is 3.27. The van der Waals surface area contributed by atoms with Crippen LogP contribution in [-0.4, -0.2) is 29.8 Å². The summed E-state index contributed by atoms with van der Waals surface area (Å²) in [5.74, 6) is -2.61. The van der Waals surface area contributed by atoms with Crippen molar-refractivity contribution in [1.82, 2.24) is 15.3 Å². The van der Waals surface area contributed by atoms with Crippen molar-refractivity contribution < 1.29 is 35.2 Å². The van der Waals surface area contributed by atoms with Gasteiger partial charge >= 0.3 is 5.51 Å². The third-order valence-corrected chi connectivity index (χ3v) is 6.30. The lowest BCUT2D eigenvalue weighted by atomic mass is 10.0. The van der Waals surface area contributed by atoms with Crippen LogP contribution in [0.4, 0.5) is 22.0 Å². The van der Waals surface area contributed by atoms with Crippen LogP contribution < -0.4 is 5.32 Å². The summed E-state index contributed by atoms with van der Waals surface area (Å²) in [6.45, 7) is 0.00945. The number of fused-ring (bicyclic) bond motifs is 1. The number of nitrogens with zero attached hydrogens (tertiary/aromatic N) is 2. The van der Waals surface area contributed by atoms with Crippen molar-refractivity contribution in [3.05, 3.63) is 76.6 Å². The lowest BCUT2D eigenvalue weighted by molar-refractivity contribution is -0.0436. The van der Waals surface area contributed by atoms with Gasteiger partial charge in [0.1, 0.15) is 11.6 Å². The number of sulfone groups is 1. The standard InChI is InChI=1S/C20H12F5N3O3S/c21-12-2-1-3-13(22)16(12)18-27-14(17-15(28-18)9-26-19(17)29)8-10-4-6-11(7-5-10)32(30,31)20(23,24)25/h1-7H,8-9H2,(H,26,29). The second kappa shape index (κ2) is 7.62. The first-order valence-electron chi connectivity index (χ1n) is 9.01. The van der Waals surface area contributed by atoms with Crippen molar-refractivity contribution >= 4 is 15.7 Å². The Kier molecular flexibility index (Phi) is 5.19. The molecule has 1 aromatic heterocycles. The number of halogens is 5. The predicted molar refractivity (Wildman–Crippen MR) is 101 cm³/mol. The first-order valence-corrected chi connectivity index (χ1v) is 10.5. The van der Waals surface area contributed by atoms with Crippen LogP contribution in [0.15, 0.2) is 47.4 Å². The number of aromatic nitrogens is 2. The minimum absolute atomic E-state index is 0.00945. The molecule has 0 fully saturated rings. The number of amides is 1. The lowest BCUT2D eigenvalue weighted by Crippen LogP contribution is -2.23. The van der Waals surface area contributed by atoms with Gasteiger partial charge < -0.3 is 5.32 Å². The maximum atomic E-state index is 14.2. The third kappa shape index (κ3) is 3.70. The molecule has 2 heterocycles. The third-order valence-electron chi connectivity index (χ3n) is 4.80. The van der Waals surface area contributed by atoms with E-state index in [-0.39, 0.29) is 35.7 Å². The molecule has 0 unspecified atom stereocenters. The number of hydrogen-bond donors (Lipinski definition) is 1. The highest BCUT2D eigenvalue weighted by atomic mass is 32.2. The Balaban J connectivity index is 1.76. The number of alkyl halides is 3. The molecule has 0 saturated heterocycles. The Labute approximate surface area is 178 Å². The molecular formula is C20H12F5N3O3S. The van der Waals surface area contributed by atoms with Crippen molar-refractivity contribution in [2.75, 3.05) is 0 Å². The van der Waals surface area contributed by atoms with Crippen molar-refractivity contribution in [3.63, 3.8) is 0 Å². The van der Waals surface area contributed by atoms with Crippen LogP contribution in [0.5, 0.6) is 0 Å². The van der Waals surface area contributed by atoms with E-state index in [1.54, 1.807) is 0 Å². The maximum Gasteiger partial charge on any atom is 0.501 e. The minimum atomic E-state index is -5.51. The fourth-order valence-corrected chi connectivity index (χ4v) is 4.03. The first kappa shape index (κ1) is 21.8. The van der Waals surface area contributed by atoms with E-state index >= 15 is 0 Å². The van der Waals surface area contributed by atoms with E-state index in [9.17, 15) is 35.2 Å². The molecule has 12 heteroatoms. The number of benzene rings is 2. The molecule has 32 heavy (non-hydrogen) atoms. The van der Waals surface area contributed by atoms with Gasteiger partial charge in [0.15, 0.2) is 5.82 Å². The quantitative estimate of drug-likeness (QED) is 0.591. The molecule has 0 atom stereocenters. The highest BCUT2D eigenvalue weighted by molar-refractivity contribution is 7.92. The van der Waals surface area contributed by atoms with E-state index in [0.717, 1.165) is 36.4 Å². The summed E-state index contributed by atoms with van der Waals surface area (Å²) in [6, 6.07) is 7.08. The smallest absolute Gasteiger partial charge is 0.346 e. The number of nitrogens with one attached hydrogen (secondary N) is 1. The van der Waals surface area contributed by atoms with Gasteiger partial charge in [0.2, 0.25) is 0 Å². The molecule has 1 aliphatic heterocycles. The lowest BCUT2D eigenvalue weighted by Gasteiger charge is -2.11. The molecule has 0 bridgehead atoms. The van der Waals surface area contributed by atoms with Gasteiger partial charge in [-0.2, -0.15) is 13.2 Å². The van der Waals surface area contributed by atoms with Crippen LogP contribution in [0.2, 0.25) is 0 Å². The number of carbonyl (C=O) groups is 1. The van der Waals surface area contributed by atoms with Crippen molar-refractivity contribution in [2.24, 2.45) is 0 Å². The van der Waals surface area contributed by atoms with E-state index in [4.69, 9.17) is 0 Å². The fraction of sp³-hybridized carbons (Fsp3) is 0.150. The summed E-state index contributed by atoms with van der Waals surface area (Å²) < 4.78 is 89.6. The van der Waals surface area contributed by atoms with Gasteiger partial charge in [-0.1, -0.05) is 18.2 Å². The molecule has 1 N–H and O–H groups in total. The van der Waals surface area contributed by atoms with Gasteiger partial charge in [0.05, 0.1) is 34.0 Å². The molecule has 166 valence electrons. The summed E-state index contributed by atoms with van der Waals surface area (Å²) in [5.41, 5.74) is -5.20. The zero-order valence-corrected chi connectivity index (χ0v) is 16.7. The Morgan fingerprint density at radius 1 is 0.938 bits per heavy atom. The summed E-state index contributed by atoms with van der Waals surface area (Å²) in [6.07, 6.45) is -0.117. The van der Waals surface area contributed by atoms with Gasteiger partial charge in [-0.3, -0.25) is 4.79 Å². The van der Waals surface area contributed by atoms with Crippen molar-refractivity contribution in [3.8, 4) is 11.4 Å². The first-order chi connectivity index (χ1) is 15.0. The molecule has 6 nitrogen and oxygen atoms in total. The molecule has 3 aromatic rings.